The summed E-state index contributed by atoms with van der Waals surface area (Å²) >= 11 is 0. The summed E-state index contributed by atoms with van der Waals surface area (Å²) in [5.74, 6) is -9.35. The van der Waals surface area contributed by atoms with Crippen molar-refractivity contribution in [3.63, 3.8) is 0 Å². The molecule has 3 rings (SSSR count). The van der Waals surface area contributed by atoms with E-state index in [1.807, 2.05) is 0 Å². The summed E-state index contributed by atoms with van der Waals surface area (Å²) in [7, 11) is 0. The number of hydrogen-bond donors (Lipinski definition) is 13. The molecule has 0 unspecified atom stereocenters. The molecule has 0 saturated carbocycles. The van der Waals surface area contributed by atoms with Gasteiger partial charge in [-0.1, -0.05) is 76.6 Å². The Morgan fingerprint density at radius 3 is 1.76 bits per heavy atom. The van der Waals surface area contributed by atoms with E-state index in [1.54, 1.807) is 58.0 Å². The van der Waals surface area contributed by atoms with E-state index in [4.69, 9.17) is 17.2 Å². The monoisotopic (exact) mass is 948 g/mol. The molecule has 3 aromatic rings. The average Bonchev–Trinajstić information content (AvgIpc) is 3.81. The normalized spacial score (nSPS) is 14.6. The summed E-state index contributed by atoms with van der Waals surface area (Å²) in [6.07, 6.45) is 2.10. The van der Waals surface area contributed by atoms with Gasteiger partial charge in [0.25, 0.3) is 0 Å². The van der Waals surface area contributed by atoms with Crippen LogP contribution in [0, 0.1) is 11.8 Å². The molecule has 0 bridgehead atoms. The largest absolute Gasteiger partial charge is 0.508 e. The highest BCUT2D eigenvalue weighted by molar-refractivity contribution is 5.98. The summed E-state index contributed by atoms with van der Waals surface area (Å²) in [6, 6.07) is 4.50. The van der Waals surface area contributed by atoms with Crippen LogP contribution in [0.4, 0.5) is 0 Å². The highest BCUT2D eigenvalue weighted by Gasteiger charge is 2.36. The summed E-state index contributed by atoms with van der Waals surface area (Å²) in [4.78, 5) is 118. The van der Waals surface area contributed by atoms with E-state index in [9.17, 15) is 53.7 Å². The van der Waals surface area contributed by atoms with Crippen molar-refractivity contribution in [2.45, 2.75) is 115 Å². The van der Waals surface area contributed by atoms with Crippen molar-refractivity contribution < 1.29 is 53.7 Å². The predicted molar refractivity (Wildman–Crippen MR) is 248 cm³/mol. The fourth-order valence-electron chi connectivity index (χ4n) is 6.81. The molecule has 68 heavy (non-hydrogen) atoms. The van der Waals surface area contributed by atoms with Crippen LogP contribution >= 0.6 is 0 Å². The summed E-state index contributed by atoms with van der Waals surface area (Å²) < 4.78 is 0. The fourth-order valence-corrected chi connectivity index (χ4v) is 6.81. The number of aliphatic imine (C=N–C) groups is 1. The van der Waals surface area contributed by atoms with Crippen molar-refractivity contribution in [2.24, 2.45) is 34.0 Å². The van der Waals surface area contributed by atoms with Gasteiger partial charge < -0.3 is 69.4 Å². The van der Waals surface area contributed by atoms with Gasteiger partial charge in [-0.05, 0) is 47.9 Å². The van der Waals surface area contributed by atoms with E-state index in [2.05, 4.69) is 46.9 Å². The number of amides is 6. The van der Waals surface area contributed by atoms with E-state index in [0.717, 1.165) is 0 Å². The zero-order chi connectivity index (χ0) is 50.5. The van der Waals surface area contributed by atoms with Gasteiger partial charge >= 0.3 is 11.9 Å². The number of phenolic OH excluding ortho intramolecular Hbond substituents is 1. The first-order chi connectivity index (χ1) is 32.2. The van der Waals surface area contributed by atoms with Crippen molar-refractivity contribution in [3.05, 3.63) is 83.9 Å². The third-order valence-electron chi connectivity index (χ3n) is 10.9. The minimum atomic E-state index is -1.79. The van der Waals surface area contributed by atoms with Gasteiger partial charge in [-0.25, -0.2) is 9.78 Å². The molecule has 2 aromatic carbocycles. The Morgan fingerprint density at radius 1 is 0.676 bits per heavy atom. The third-order valence-corrected chi connectivity index (χ3v) is 10.9. The number of aromatic nitrogens is 2. The molecule has 23 heteroatoms. The molecular formula is C45H64N12O11. The van der Waals surface area contributed by atoms with Crippen LogP contribution in [0.3, 0.4) is 0 Å². The Hall–Kier alpha value is -7.56. The second kappa shape index (κ2) is 27.2. The number of nitrogens with zero attached hydrogens (tertiary/aromatic N) is 2. The average molecular weight is 949 g/mol. The lowest BCUT2D eigenvalue weighted by Crippen LogP contribution is -2.62. The van der Waals surface area contributed by atoms with Gasteiger partial charge in [0.1, 0.15) is 42.0 Å². The number of aromatic hydroxyl groups is 1. The van der Waals surface area contributed by atoms with Crippen molar-refractivity contribution in [3.8, 4) is 5.75 Å². The first-order valence-corrected chi connectivity index (χ1v) is 22.1. The van der Waals surface area contributed by atoms with Gasteiger partial charge in [-0.3, -0.25) is 38.6 Å². The number of imidazole rings is 1. The molecule has 0 aliphatic rings. The van der Waals surface area contributed by atoms with Gasteiger partial charge in [-0.2, -0.15) is 0 Å². The Balaban J connectivity index is 1.89. The molecular weight excluding hydrogens is 885 g/mol. The molecule has 8 atom stereocenters. The quantitative estimate of drug-likeness (QED) is 0.0228. The SMILES string of the molecule is CC[C@H](C)[C@H](NC(=O)[C@H](Cc1ccc(O)cc1)NC(=O)[C@@H](NC(=O)[C@@H](N)CCCN=C(N)N)C(C)C)C(=O)N[C@@H](Cc1cnc[nH]1)C(=O)N[C@@H](CC(=O)O)C(=O)N[C@@H](Cc1ccccc1)C(=O)O. The molecule has 370 valence electrons. The van der Waals surface area contributed by atoms with Crippen molar-refractivity contribution in [2.75, 3.05) is 6.54 Å². The number of aliphatic carboxylic acids is 2. The maximum Gasteiger partial charge on any atom is 0.326 e. The number of phenols is 1. The number of rotatable bonds is 28. The number of carboxylic acid groups (broad SMARTS) is 2. The van der Waals surface area contributed by atoms with E-state index >= 15 is 0 Å². The lowest BCUT2D eigenvalue weighted by Gasteiger charge is -2.30. The zero-order valence-corrected chi connectivity index (χ0v) is 38.4. The number of H-pyrrole nitrogens is 1. The van der Waals surface area contributed by atoms with E-state index in [-0.39, 0.29) is 43.9 Å². The molecule has 0 spiro atoms. The maximum atomic E-state index is 14.3. The predicted octanol–water partition coefficient (Wildman–Crippen LogP) is -1.31. The number of benzene rings is 2. The van der Waals surface area contributed by atoms with E-state index in [0.29, 0.717) is 29.7 Å². The number of guanidine groups is 1. The van der Waals surface area contributed by atoms with Crippen molar-refractivity contribution in [1.29, 1.82) is 0 Å². The Bertz CT molecular complexity index is 2190. The van der Waals surface area contributed by atoms with Gasteiger partial charge in [0.2, 0.25) is 35.4 Å². The van der Waals surface area contributed by atoms with E-state index in [1.165, 1.54) is 36.8 Å². The molecule has 0 radical (unpaired) electrons. The Morgan fingerprint density at radius 2 is 1.21 bits per heavy atom. The second-order valence-corrected chi connectivity index (χ2v) is 16.7. The fraction of sp³-hybridized carbons (Fsp3) is 0.467. The smallest absolute Gasteiger partial charge is 0.326 e. The summed E-state index contributed by atoms with van der Waals surface area (Å²) in [6.45, 7) is 7.00. The van der Waals surface area contributed by atoms with Crippen LogP contribution in [0.5, 0.6) is 5.75 Å². The van der Waals surface area contributed by atoms with Gasteiger partial charge in [0, 0.05) is 37.7 Å². The number of nitrogens with one attached hydrogen (secondary N) is 7. The number of hydrogen-bond acceptors (Lipinski definition) is 12. The van der Waals surface area contributed by atoms with Crippen molar-refractivity contribution in [1.82, 2.24) is 41.9 Å². The molecule has 6 amide bonds. The molecule has 0 fully saturated rings. The van der Waals surface area contributed by atoms with Crippen LogP contribution in [0.2, 0.25) is 0 Å². The van der Waals surface area contributed by atoms with Crippen LogP contribution < -0.4 is 49.1 Å². The number of carbonyl (C=O) groups is 8. The Labute approximate surface area is 393 Å². The first-order valence-electron chi connectivity index (χ1n) is 22.1. The highest BCUT2D eigenvalue weighted by atomic mass is 16.4. The summed E-state index contributed by atoms with van der Waals surface area (Å²) in [5.41, 5.74) is 18.2. The third kappa shape index (κ3) is 18.4. The van der Waals surface area contributed by atoms with Crippen LogP contribution in [0.25, 0.3) is 0 Å². The highest BCUT2D eigenvalue weighted by Crippen LogP contribution is 2.15. The second-order valence-electron chi connectivity index (χ2n) is 16.7. The lowest BCUT2D eigenvalue weighted by atomic mass is 9.96. The van der Waals surface area contributed by atoms with Gasteiger partial charge in [0.05, 0.1) is 18.8 Å². The minimum absolute atomic E-state index is 0.0549. The van der Waals surface area contributed by atoms with Crippen LogP contribution in [0.15, 0.2) is 72.1 Å². The van der Waals surface area contributed by atoms with Gasteiger partial charge in [-0.15, -0.1) is 0 Å². The van der Waals surface area contributed by atoms with Gasteiger partial charge in [0.15, 0.2) is 5.96 Å². The molecule has 0 aliphatic heterocycles. The topological polar surface area (TPSA) is 389 Å². The minimum Gasteiger partial charge on any atom is -0.508 e. The van der Waals surface area contributed by atoms with Crippen LogP contribution in [-0.2, 0) is 57.6 Å². The van der Waals surface area contributed by atoms with Crippen molar-refractivity contribution >= 4 is 53.3 Å². The number of nitrogens with two attached hydrogens (primary N) is 3. The number of carbonyl (C=O) groups excluding carboxylic acids is 6. The summed E-state index contributed by atoms with van der Waals surface area (Å²) in [5, 5.41) is 44.8. The maximum absolute atomic E-state index is 14.3. The van der Waals surface area contributed by atoms with E-state index < -0.39 is 108 Å². The standard InChI is InChI=1S/C45H64N12O11/c1-5-25(4)37(57-41(64)31(18-27-13-15-29(58)16-14-27)53-42(65)36(24(2)3)56-38(61)30(46)12-9-17-50-45(47)48)43(66)54-32(20-28-22-49-23-51-28)39(62)52-33(21-35(59)60)40(63)55-34(44(67)68)19-26-10-7-6-8-11-26/h6-8,10-11,13-16,22-25,30-34,36-37,58H,5,9,12,17-21,46H2,1-4H3,(H,49,51)(H,52,62)(H,53,65)(H,54,66)(H,55,63)(H,56,61)(H,57,64)(H,59,60)(H,67,68)(H4,47,48,50)/t25-,30-,31-,32-,33-,34-,36-,37-/m0/s1. The molecule has 0 aliphatic carbocycles. The molecule has 1 heterocycles. The Kier molecular flexibility index (Phi) is 21.9. The molecule has 1 aromatic heterocycles. The molecule has 16 N–H and O–H groups in total. The zero-order valence-electron chi connectivity index (χ0n) is 38.4. The number of aromatic amines is 1. The number of carboxylic acids is 2. The molecule has 23 nitrogen and oxygen atoms in total. The van der Waals surface area contributed by atoms with Crippen LogP contribution in [0.1, 0.15) is 70.2 Å². The lowest BCUT2D eigenvalue weighted by molar-refractivity contribution is -0.143. The van der Waals surface area contributed by atoms with Crippen LogP contribution in [-0.4, -0.2) is 127 Å². The first kappa shape index (κ1) is 54.8. The molecule has 0 saturated heterocycles.